The number of hydrogen-bond donors (Lipinski definition) is 2. The summed E-state index contributed by atoms with van der Waals surface area (Å²) in [7, 11) is 1.37. The molecule has 8 nitrogen and oxygen atoms in total. The van der Waals surface area contributed by atoms with Gasteiger partial charge in [0.2, 0.25) is 5.91 Å². The highest BCUT2D eigenvalue weighted by atomic mass is 16.2. The Morgan fingerprint density at radius 1 is 1.45 bits per heavy atom. The summed E-state index contributed by atoms with van der Waals surface area (Å²) in [5, 5.41) is 2.70. The van der Waals surface area contributed by atoms with Crippen molar-refractivity contribution in [1.82, 2.24) is 24.4 Å². The zero-order chi connectivity index (χ0) is 14.5. The van der Waals surface area contributed by atoms with Crippen molar-refractivity contribution in [2.75, 3.05) is 6.54 Å². The fourth-order valence-corrected chi connectivity index (χ4v) is 1.71. The number of carbonyl (C=O) groups is 1. The van der Waals surface area contributed by atoms with Crippen LogP contribution >= 0.6 is 0 Å². The largest absolute Gasteiger partial charge is 0.354 e. The Morgan fingerprint density at radius 2 is 2.25 bits per heavy atom. The number of nitrogens with zero attached hydrogens (tertiary/aromatic N) is 3. The van der Waals surface area contributed by atoms with Gasteiger partial charge in [0, 0.05) is 44.2 Å². The van der Waals surface area contributed by atoms with E-state index in [1.165, 1.54) is 23.9 Å². The molecule has 0 aliphatic carbocycles. The number of aromatic amines is 1. The zero-order valence-electron chi connectivity index (χ0n) is 11.0. The normalized spacial score (nSPS) is 10.4. The molecule has 1 amide bonds. The average molecular weight is 277 g/mol. The fourth-order valence-electron chi connectivity index (χ4n) is 1.71. The van der Waals surface area contributed by atoms with Gasteiger partial charge in [0.05, 0.1) is 6.33 Å². The Balaban J connectivity index is 1.90. The van der Waals surface area contributed by atoms with Gasteiger partial charge in [-0.25, -0.2) is 9.78 Å². The lowest BCUT2D eigenvalue weighted by Gasteiger charge is -2.07. The number of aromatic nitrogens is 4. The summed E-state index contributed by atoms with van der Waals surface area (Å²) in [6.07, 6.45) is 5.21. The number of H-pyrrole nitrogens is 1. The topological polar surface area (TPSA) is 102 Å². The van der Waals surface area contributed by atoms with E-state index in [2.05, 4.69) is 15.3 Å². The van der Waals surface area contributed by atoms with Crippen LogP contribution in [0.2, 0.25) is 0 Å². The van der Waals surface area contributed by atoms with Crippen molar-refractivity contribution in [2.45, 2.75) is 13.0 Å². The van der Waals surface area contributed by atoms with Crippen LogP contribution in [0, 0.1) is 0 Å². The lowest BCUT2D eigenvalue weighted by Crippen LogP contribution is -2.40. The van der Waals surface area contributed by atoms with Crippen molar-refractivity contribution < 1.29 is 4.79 Å². The number of amides is 1. The van der Waals surface area contributed by atoms with E-state index in [0.29, 0.717) is 13.0 Å². The highest BCUT2D eigenvalue weighted by Gasteiger charge is 2.06. The van der Waals surface area contributed by atoms with Crippen LogP contribution in [0.1, 0.15) is 5.69 Å². The first kappa shape index (κ1) is 13.8. The molecule has 0 spiro atoms. The minimum absolute atomic E-state index is 0.115. The third-order valence-corrected chi connectivity index (χ3v) is 2.85. The molecule has 0 atom stereocenters. The van der Waals surface area contributed by atoms with Crippen LogP contribution in [0.25, 0.3) is 0 Å². The molecule has 0 fully saturated rings. The summed E-state index contributed by atoms with van der Waals surface area (Å²) in [5.41, 5.74) is 0.0108. The van der Waals surface area contributed by atoms with Gasteiger partial charge in [0.25, 0.3) is 5.56 Å². The van der Waals surface area contributed by atoms with Gasteiger partial charge in [-0.05, 0) is 0 Å². The SMILES string of the molecule is Cn1c(=O)ccn(CC(=O)NCCc2cnc[nH]2)c1=O. The Kier molecular flexibility index (Phi) is 4.14. The first-order chi connectivity index (χ1) is 9.58. The van der Waals surface area contributed by atoms with Gasteiger partial charge in [-0.1, -0.05) is 0 Å². The number of rotatable bonds is 5. The number of carbonyl (C=O) groups excluding carboxylic acids is 1. The molecule has 2 heterocycles. The Bertz CT molecular complexity index is 699. The second kappa shape index (κ2) is 6.00. The van der Waals surface area contributed by atoms with E-state index in [0.717, 1.165) is 10.3 Å². The third kappa shape index (κ3) is 3.22. The molecule has 2 rings (SSSR count). The molecule has 2 N–H and O–H groups in total. The number of imidazole rings is 1. The summed E-state index contributed by atoms with van der Waals surface area (Å²) >= 11 is 0. The van der Waals surface area contributed by atoms with Crippen LogP contribution in [-0.2, 0) is 24.8 Å². The van der Waals surface area contributed by atoms with E-state index in [4.69, 9.17) is 0 Å². The maximum atomic E-state index is 11.7. The molecule has 0 saturated heterocycles. The molecule has 2 aromatic heterocycles. The van der Waals surface area contributed by atoms with Crippen molar-refractivity contribution in [3.63, 3.8) is 0 Å². The smallest absolute Gasteiger partial charge is 0.331 e. The maximum absolute atomic E-state index is 11.7. The minimum Gasteiger partial charge on any atom is -0.354 e. The summed E-state index contributed by atoms with van der Waals surface area (Å²) < 4.78 is 2.14. The maximum Gasteiger partial charge on any atom is 0.331 e. The molecule has 0 saturated carbocycles. The molecular formula is C12H15N5O3. The molecular weight excluding hydrogens is 262 g/mol. The Labute approximate surface area is 114 Å². The average Bonchev–Trinajstić information content (AvgIpc) is 2.93. The summed E-state index contributed by atoms with van der Waals surface area (Å²) in [5.74, 6) is -0.287. The molecule has 0 unspecified atom stereocenters. The van der Waals surface area contributed by atoms with Gasteiger partial charge in [-0.2, -0.15) is 0 Å². The highest BCUT2D eigenvalue weighted by Crippen LogP contribution is 1.90. The van der Waals surface area contributed by atoms with E-state index in [9.17, 15) is 14.4 Å². The van der Waals surface area contributed by atoms with E-state index >= 15 is 0 Å². The van der Waals surface area contributed by atoms with Crippen molar-refractivity contribution in [3.8, 4) is 0 Å². The lowest BCUT2D eigenvalue weighted by molar-refractivity contribution is -0.121. The van der Waals surface area contributed by atoms with Gasteiger partial charge in [0.15, 0.2) is 0 Å². The molecule has 0 aliphatic rings. The molecule has 106 valence electrons. The molecule has 20 heavy (non-hydrogen) atoms. The molecule has 0 bridgehead atoms. The van der Waals surface area contributed by atoms with Crippen LogP contribution in [0.15, 0.2) is 34.4 Å². The van der Waals surface area contributed by atoms with Gasteiger partial charge in [-0.3, -0.25) is 18.7 Å². The molecule has 8 heteroatoms. The summed E-state index contributed by atoms with van der Waals surface area (Å²) in [6, 6.07) is 1.25. The molecule has 0 aliphatic heterocycles. The van der Waals surface area contributed by atoms with Gasteiger partial charge in [0.1, 0.15) is 6.54 Å². The molecule has 2 aromatic rings. The highest BCUT2D eigenvalue weighted by molar-refractivity contribution is 5.75. The van der Waals surface area contributed by atoms with Crippen LogP contribution in [0.5, 0.6) is 0 Å². The summed E-state index contributed by atoms with van der Waals surface area (Å²) in [6.45, 7) is 0.331. The van der Waals surface area contributed by atoms with Crippen molar-refractivity contribution in [3.05, 3.63) is 51.3 Å². The number of hydrogen-bond acceptors (Lipinski definition) is 4. The Hall–Kier alpha value is -2.64. The monoisotopic (exact) mass is 277 g/mol. The van der Waals surface area contributed by atoms with Crippen LogP contribution in [-0.4, -0.2) is 31.6 Å². The Morgan fingerprint density at radius 3 is 2.95 bits per heavy atom. The van der Waals surface area contributed by atoms with Crippen molar-refractivity contribution >= 4 is 5.91 Å². The quantitative estimate of drug-likeness (QED) is 0.704. The van der Waals surface area contributed by atoms with Gasteiger partial charge in [-0.15, -0.1) is 0 Å². The molecule has 0 aromatic carbocycles. The van der Waals surface area contributed by atoms with Crippen LogP contribution in [0.3, 0.4) is 0 Å². The predicted octanol–water partition coefficient (Wildman–Crippen LogP) is -1.37. The minimum atomic E-state index is -0.513. The second-order valence-electron chi connectivity index (χ2n) is 4.30. The fraction of sp³-hybridized carbons (Fsp3) is 0.333. The first-order valence-electron chi connectivity index (χ1n) is 6.08. The van der Waals surface area contributed by atoms with E-state index in [-0.39, 0.29) is 12.5 Å². The van der Waals surface area contributed by atoms with Crippen molar-refractivity contribution in [2.24, 2.45) is 7.05 Å². The van der Waals surface area contributed by atoms with Crippen LogP contribution in [0.4, 0.5) is 0 Å². The third-order valence-electron chi connectivity index (χ3n) is 2.85. The summed E-state index contributed by atoms with van der Waals surface area (Å²) in [4.78, 5) is 41.4. The van der Waals surface area contributed by atoms with E-state index < -0.39 is 11.2 Å². The molecule has 0 radical (unpaired) electrons. The zero-order valence-corrected chi connectivity index (χ0v) is 11.0. The van der Waals surface area contributed by atoms with Gasteiger partial charge >= 0.3 is 5.69 Å². The lowest BCUT2D eigenvalue weighted by atomic mass is 10.3. The van der Waals surface area contributed by atoms with E-state index in [1.807, 2.05) is 0 Å². The predicted molar refractivity (Wildman–Crippen MR) is 71.2 cm³/mol. The number of nitrogens with one attached hydrogen (secondary N) is 2. The van der Waals surface area contributed by atoms with Crippen molar-refractivity contribution in [1.29, 1.82) is 0 Å². The van der Waals surface area contributed by atoms with Crippen LogP contribution < -0.4 is 16.6 Å². The first-order valence-corrected chi connectivity index (χ1v) is 6.08. The standard InChI is InChI=1S/C12H15N5O3/c1-16-11(19)3-5-17(12(16)20)7-10(18)14-4-2-9-6-13-8-15-9/h3,5-6,8H,2,4,7H2,1H3,(H,13,15)(H,14,18). The van der Waals surface area contributed by atoms with Gasteiger partial charge < -0.3 is 10.3 Å². The second-order valence-corrected chi connectivity index (χ2v) is 4.30. The van der Waals surface area contributed by atoms with E-state index in [1.54, 1.807) is 12.5 Å².